The van der Waals surface area contributed by atoms with Crippen LogP contribution in [0.2, 0.25) is 0 Å². The maximum absolute atomic E-state index is 10.7. The largest absolute Gasteiger partial charge is 0.497 e. The van der Waals surface area contributed by atoms with Crippen molar-refractivity contribution in [1.82, 2.24) is 4.90 Å². The van der Waals surface area contributed by atoms with Crippen molar-refractivity contribution < 1.29 is 14.6 Å². The van der Waals surface area contributed by atoms with Gasteiger partial charge in [-0.3, -0.25) is 9.69 Å². The van der Waals surface area contributed by atoms with Crippen molar-refractivity contribution in [1.29, 1.82) is 0 Å². The highest BCUT2D eigenvalue weighted by molar-refractivity contribution is 5.66. The minimum atomic E-state index is -0.722. The lowest BCUT2D eigenvalue weighted by Gasteiger charge is -2.23. The molecule has 0 atom stereocenters. The van der Waals surface area contributed by atoms with Gasteiger partial charge < -0.3 is 9.84 Å². The molecule has 0 fully saturated rings. The number of benzene rings is 2. The van der Waals surface area contributed by atoms with Gasteiger partial charge in [-0.1, -0.05) is 42.0 Å². The van der Waals surface area contributed by atoms with Crippen LogP contribution >= 0.6 is 0 Å². The number of ether oxygens (including phenoxy) is 1. The van der Waals surface area contributed by atoms with Crippen molar-refractivity contribution in [2.24, 2.45) is 0 Å². The first kappa shape index (κ1) is 19.0. The molecule has 2 aromatic rings. The fraction of sp³-hybridized carbons (Fsp3) is 0.381. The Morgan fingerprint density at radius 3 is 2.04 bits per heavy atom. The molecule has 0 heterocycles. The third-order valence-electron chi connectivity index (χ3n) is 4.21. The average molecular weight is 341 g/mol. The van der Waals surface area contributed by atoms with E-state index in [1.54, 1.807) is 7.11 Å². The zero-order chi connectivity index (χ0) is 18.1. The Labute approximate surface area is 150 Å². The van der Waals surface area contributed by atoms with E-state index in [1.807, 2.05) is 12.1 Å². The Morgan fingerprint density at radius 2 is 1.52 bits per heavy atom. The van der Waals surface area contributed by atoms with Gasteiger partial charge in [0.1, 0.15) is 5.75 Å². The van der Waals surface area contributed by atoms with Gasteiger partial charge in [0.15, 0.2) is 0 Å². The van der Waals surface area contributed by atoms with Gasteiger partial charge in [-0.05, 0) is 49.6 Å². The van der Waals surface area contributed by atoms with Gasteiger partial charge in [0, 0.05) is 19.5 Å². The number of methoxy groups -OCH3 is 1. The minimum Gasteiger partial charge on any atom is -0.497 e. The molecule has 25 heavy (non-hydrogen) atoms. The number of hydrogen-bond donors (Lipinski definition) is 1. The Morgan fingerprint density at radius 1 is 0.960 bits per heavy atom. The summed E-state index contributed by atoms with van der Waals surface area (Å²) in [7, 11) is 1.67. The lowest BCUT2D eigenvalue weighted by Crippen LogP contribution is -2.24. The lowest BCUT2D eigenvalue weighted by molar-refractivity contribution is -0.137. The summed E-state index contributed by atoms with van der Waals surface area (Å²) in [5.41, 5.74) is 3.76. The standard InChI is InChI=1S/C21H27NO3/c1-17-6-8-18(9-7-17)15-22(14-4-3-5-21(23)24)16-19-10-12-20(25-2)13-11-19/h6-13H,3-5,14-16H2,1-2H3,(H,23,24). The number of carboxylic acid groups (broad SMARTS) is 1. The minimum absolute atomic E-state index is 0.237. The van der Waals surface area contributed by atoms with Crippen LogP contribution in [-0.2, 0) is 17.9 Å². The molecule has 0 aliphatic heterocycles. The van der Waals surface area contributed by atoms with Crippen molar-refractivity contribution in [3.63, 3.8) is 0 Å². The Kier molecular flexibility index (Phi) is 7.48. The maximum atomic E-state index is 10.7. The first-order valence-electron chi connectivity index (χ1n) is 8.69. The van der Waals surface area contributed by atoms with Crippen LogP contribution in [-0.4, -0.2) is 29.6 Å². The quantitative estimate of drug-likeness (QED) is 0.656. The number of rotatable bonds is 10. The normalized spacial score (nSPS) is 10.8. The molecule has 0 saturated carbocycles. The first-order chi connectivity index (χ1) is 12.1. The second kappa shape index (κ2) is 9.84. The van der Waals surface area contributed by atoms with Crippen molar-refractivity contribution in [2.45, 2.75) is 39.3 Å². The summed E-state index contributed by atoms with van der Waals surface area (Å²) < 4.78 is 5.21. The van der Waals surface area contributed by atoms with Gasteiger partial charge in [0.2, 0.25) is 0 Å². The SMILES string of the molecule is COc1ccc(CN(CCCCC(=O)O)Cc2ccc(C)cc2)cc1. The Balaban J connectivity index is 1.98. The molecule has 2 aromatic carbocycles. The molecule has 0 radical (unpaired) electrons. The van der Waals surface area contributed by atoms with E-state index in [9.17, 15) is 4.79 Å². The van der Waals surface area contributed by atoms with E-state index in [4.69, 9.17) is 9.84 Å². The van der Waals surface area contributed by atoms with Crippen LogP contribution in [0.25, 0.3) is 0 Å². The van der Waals surface area contributed by atoms with Crippen molar-refractivity contribution >= 4 is 5.97 Å². The Bertz CT molecular complexity index is 650. The van der Waals surface area contributed by atoms with Gasteiger partial charge in [-0.2, -0.15) is 0 Å². The summed E-state index contributed by atoms with van der Waals surface area (Å²) in [6.07, 6.45) is 1.83. The molecule has 0 aliphatic carbocycles. The molecule has 1 N–H and O–H groups in total. The second-order valence-electron chi connectivity index (χ2n) is 6.40. The van der Waals surface area contributed by atoms with Crippen LogP contribution in [0.1, 0.15) is 36.0 Å². The van der Waals surface area contributed by atoms with E-state index < -0.39 is 5.97 Å². The molecule has 0 aliphatic rings. The highest BCUT2D eigenvalue weighted by atomic mass is 16.5. The predicted molar refractivity (Wildman–Crippen MR) is 99.8 cm³/mol. The van der Waals surface area contributed by atoms with Crippen LogP contribution in [0, 0.1) is 6.92 Å². The molecule has 4 heteroatoms. The number of nitrogens with zero attached hydrogens (tertiary/aromatic N) is 1. The molecule has 0 bridgehead atoms. The van der Waals surface area contributed by atoms with Crippen LogP contribution in [0.5, 0.6) is 5.75 Å². The van der Waals surface area contributed by atoms with Crippen LogP contribution < -0.4 is 4.74 Å². The van der Waals surface area contributed by atoms with Gasteiger partial charge in [0.05, 0.1) is 7.11 Å². The second-order valence-corrected chi connectivity index (χ2v) is 6.40. The molecule has 4 nitrogen and oxygen atoms in total. The fourth-order valence-corrected chi connectivity index (χ4v) is 2.77. The number of unbranched alkanes of at least 4 members (excludes halogenated alkanes) is 1. The summed E-state index contributed by atoms with van der Waals surface area (Å²) in [5.74, 6) is 0.135. The van der Waals surface area contributed by atoms with Crippen molar-refractivity contribution in [2.75, 3.05) is 13.7 Å². The Hall–Kier alpha value is -2.33. The highest BCUT2D eigenvalue weighted by Crippen LogP contribution is 2.16. The number of aryl methyl sites for hydroxylation is 1. The predicted octanol–water partition coefficient (Wildman–Crippen LogP) is 4.26. The molecular weight excluding hydrogens is 314 g/mol. The van der Waals surface area contributed by atoms with E-state index in [0.29, 0.717) is 6.42 Å². The van der Waals surface area contributed by atoms with Crippen LogP contribution in [0.4, 0.5) is 0 Å². The molecule has 134 valence electrons. The first-order valence-corrected chi connectivity index (χ1v) is 8.69. The van der Waals surface area contributed by atoms with E-state index in [1.165, 1.54) is 16.7 Å². The molecular formula is C21H27NO3. The molecule has 0 aromatic heterocycles. The average Bonchev–Trinajstić information content (AvgIpc) is 2.61. The lowest BCUT2D eigenvalue weighted by atomic mass is 10.1. The van der Waals surface area contributed by atoms with Gasteiger partial charge in [-0.15, -0.1) is 0 Å². The fourth-order valence-electron chi connectivity index (χ4n) is 2.77. The highest BCUT2D eigenvalue weighted by Gasteiger charge is 2.08. The van der Waals surface area contributed by atoms with Crippen molar-refractivity contribution in [3.05, 3.63) is 65.2 Å². The third-order valence-corrected chi connectivity index (χ3v) is 4.21. The van der Waals surface area contributed by atoms with Crippen molar-refractivity contribution in [3.8, 4) is 5.75 Å². The summed E-state index contributed by atoms with van der Waals surface area (Å²) in [4.78, 5) is 13.1. The number of aliphatic carboxylic acids is 1. The zero-order valence-corrected chi connectivity index (χ0v) is 15.1. The number of carbonyl (C=O) groups is 1. The van der Waals surface area contributed by atoms with Crippen LogP contribution in [0.15, 0.2) is 48.5 Å². The van der Waals surface area contributed by atoms with Gasteiger partial charge in [-0.25, -0.2) is 0 Å². The van der Waals surface area contributed by atoms with E-state index >= 15 is 0 Å². The van der Waals surface area contributed by atoms with Crippen LogP contribution in [0.3, 0.4) is 0 Å². The summed E-state index contributed by atoms with van der Waals surface area (Å²) >= 11 is 0. The zero-order valence-electron chi connectivity index (χ0n) is 15.1. The maximum Gasteiger partial charge on any atom is 0.303 e. The summed E-state index contributed by atoms with van der Waals surface area (Å²) in [6, 6.07) is 16.7. The van der Waals surface area contributed by atoms with E-state index in [0.717, 1.165) is 31.8 Å². The summed E-state index contributed by atoms with van der Waals surface area (Å²) in [6.45, 7) is 4.67. The van der Waals surface area contributed by atoms with E-state index in [-0.39, 0.29) is 6.42 Å². The smallest absolute Gasteiger partial charge is 0.303 e. The van der Waals surface area contributed by atoms with Gasteiger partial charge >= 0.3 is 5.97 Å². The van der Waals surface area contributed by atoms with E-state index in [2.05, 4.69) is 48.2 Å². The molecule has 0 spiro atoms. The number of carboxylic acids is 1. The molecule has 2 rings (SSSR count). The summed E-state index contributed by atoms with van der Waals surface area (Å²) in [5, 5.41) is 8.80. The number of hydrogen-bond acceptors (Lipinski definition) is 3. The molecule has 0 saturated heterocycles. The molecule has 0 unspecified atom stereocenters. The van der Waals surface area contributed by atoms with Gasteiger partial charge in [0.25, 0.3) is 0 Å². The topological polar surface area (TPSA) is 49.8 Å². The molecule has 0 amide bonds. The monoisotopic (exact) mass is 341 g/mol. The third kappa shape index (κ3) is 6.98.